The number of hydrogen-bond acceptors (Lipinski definition) is 5. The number of Topliss-reactive ketones (excluding diaryl/α,β-unsaturated/α-hetero) is 1. The van der Waals surface area contributed by atoms with E-state index in [1.54, 1.807) is 0 Å². The minimum Gasteiger partial charge on any atom is -0.298 e. The predicted molar refractivity (Wildman–Crippen MR) is 63.0 cm³/mol. The van der Waals surface area contributed by atoms with E-state index in [0.29, 0.717) is 6.42 Å². The second-order valence-electron chi connectivity index (χ2n) is 4.63. The van der Waals surface area contributed by atoms with Crippen LogP contribution in [0.4, 0.5) is 0 Å². The molecule has 0 spiro atoms. The normalized spacial score (nSPS) is 34.4. The van der Waals surface area contributed by atoms with Crippen LogP contribution in [-0.2, 0) is 29.4 Å². The lowest BCUT2D eigenvalue weighted by Gasteiger charge is -2.42. The molecule has 0 unspecified atom stereocenters. The zero-order valence-electron chi connectivity index (χ0n) is 9.70. The maximum absolute atomic E-state index is 12.3. The molecule has 3 fully saturated rings. The summed E-state index contributed by atoms with van der Waals surface area (Å²) in [6.07, 6.45) is 0.307. The lowest BCUT2D eigenvalue weighted by atomic mass is 9.83. The Hall–Kier alpha value is -1.00. The molecule has 1 aromatic carbocycles. The number of carbonyl (C=O) groups excluding carboxylic acids is 1. The molecule has 2 bridgehead atoms. The Bertz CT molecular complexity index is 481. The van der Waals surface area contributed by atoms with Crippen molar-refractivity contribution in [3.63, 3.8) is 0 Å². The molecule has 0 aliphatic carbocycles. The fourth-order valence-corrected chi connectivity index (χ4v) is 3.49. The van der Waals surface area contributed by atoms with E-state index in [1.807, 2.05) is 30.3 Å². The summed E-state index contributed by atoms with van der Waals surface area (Å²) in [6.45, 7) is 0.363. The van der Waals surface area contributed by atoms with Gasteiger partial charge in [-0.15, -0.1) is 0 Å². The molecule has 3 aliphatic heterocycles. The van der Waals surface area contributed by atoms with Crippen LogP contribution in [0.5, 0.6) is 0 Å². The van der Waals surface area contributed by atoms with Crippen LogP contribution < -0.4 is 0 Å². The molecule has 5 nitrogen and oxygen atoms in total. The minimum atomic E-state index is -3.35. The molecule has 96 valence electrons. The lowest BCUT2D eigenvalue weighted by Crippen LogP contribution is -2.50. The van der Waals surface area contributed by atoms with Crippen LogP contribution in [0, 0.1) is 5.41 Å². The zero-order valence-corrected chi connectivity index (χ0v) is 10.6. The summed E-state index contributed by atoms with van der Waals surface area (Å²) < 4.78 is 26.6. The molecule has 1 aromatic rings. The van der Waals surface area contributed by atoms with Crippen molar-refractivity contribution in [3.05, 3.63) is 35.9 Å². The highest BCUT2D eigenvalue weighted by atomic mass is 31.2. The van der Waals surface area contributed by atoms with E-state index >= 15 is 0 Å². The Morgan fingerprint density at radius 3 is 2.22 bits per heavy atom. The van der Waals surface area contributed by atoms with Crippen molar-refractivity contribution in [2.75, 3.05) is 19.8 Å². The molecule has 4 rings (SSSR count). The quantitative estimate of drug-likeness (QED) is 0.784. The summed E-state index contributed by atoms with van der Waals surface area (Å²) in [5.74, 6) is -0.000324. The Morgan fingerprint density at radius 2 is 1.67 bits per heavy atom. The number of benzene rings is 1. The van der Waals surface area contributed by atoms with Gasteiger partial charge in [0, 0.05) is 6.42 Å². The van der Waals surface area contributed by atoms with Gasteiger partial charge < -0.3 is 0 Å². The van der Waals surface area contributed by atoms with E-state index in [1.165, 1.54) is 0 Å². The molecular weight excluding hydrogens is 255 g/mol. The van der Waals surface area contributed by atoms with Gasteiger partial charge in [-0.1, -0.05) is 30.3 Å². The Balaban J connectivity index is 1.75. The Labute approximate surface area is 105 Å². The smallest absolute Gasteiger partial charge is 0.298 e. The number of phosphoric ester groups is 1. The molecule has 6 heteroatoms. The summed E-state index contributed by atoms with van der Waals surface area (Å²) in [5.41, 5.74) is 0.137. The third-order valence-electron chi connectivity index (χ3n) is 3.30. The molecule has 0 atom stereocenters. The molecule has 0 N–H and O–H groups in total. The van der Waals surface area contributed by atoms with Crippen molar-refractivity contribution in [1.82, 2.24) is 0 Å². The van der Waals surface area contributed by atoms with Crippen molar-refractivity contribution in [3.8, 4) is 0 Å². The van der Waals surface area contributed by atoms with Gasteiger partial charge in [-0.2, -0.15) is 0 Å². The third kappa shape index (κ3) is 2.04. The van der Waals surface area contributed by atoms with Crippen LogP contribution in [-0.4, -0.2) is 25.6 Å². The Morgan fingerprint density at radius 1 is 1.11 bits per heavy atom. The van der Waals surface area contributed by atoms with Crippen LogP contribution in [0.25, 0.3) is 0 Å². The van der Waals surface area contributed by atoms with Gasteiger partial charge in [0.05, 0.1) is 19.8 Å². The summed E-state index contributed by atoms with van der Waals surface area (Å²) in [4.78, 5) is 12.3. The first-order valence-corrected chi connectivity index (χ1v) is 7.19. The van der Waals surface area contributed by atoms with Gasteiger partial charge in [-0.3, -0.25) is 18.4 Å². The monoisotopic (exact) mass is 268 g/mol. The number of carbonyl (C=O) groups is 1. The highest BCUT2D eigenvalue weighted by Crippen LogP contribution is 2.60. The highest BCUT2D eigenvalue weighted by molar-refractivity contribution is 7.48. The summed E-state index contributed by atoms with van der Waals surface area (Å²) >= 11 is 0. The molecule has 0 amide bonds. The Kier molecular flexibility index (Phi) is 2.87. The molecular formula is C12H13O5P. The van der Waals surface area contributed by atoms with Crippen LogP contribution in [0.1, 0.15) is 5.56 Å². The fourth-order valence-electron chi connectivity index (χ4n) is 2.05. The van der Waals surface area contributed by atoms with Crippen molar-refractivity contribution < 1.29 is 22.9 Å². The van der Waals surface area contributed by atoms with E-state index in [9.17, 15) is 9.36 Å². The third-order valence-corrected chi connectivity index (χ3v) is 4.63. The topological polar surface area (TPSA) is 61.8 Å². The van der Waals surface area contributed by atoms with Gasteiger partial charge in [-0.25, -0.2) is 4.57 Å². The number of fused-ring (bicyclic) bond motifs is 3. The van der Waals surface area contributed by atoms with Gasteiger partial charge >= 0.3 is 7.82 Å². The van der Waals surface area contributed by atoms with Crippen molar-refractivity contribution in [2.45, 2.75) is 6.42 Å². The number of hydrogen-bond donors (Lipinski definition) is 0. The average Bonchev–Trinajstić information content (AvgIpc) is 2.41. The van der Waals surface area contributed by atoms with E-state index in [2.05, 4.69) is 0 Å². The molecule has 18 heavy (non-hydrogen) atoms. The number of phosphoric acid groups is 1. The molecule has 0 saturated carbocycles. The first kappa shape index (κ1) is 12.1. The van der Waals surface area contributed by atoms with E-state index < -0.39 is 13.2 Å². The largest absolute Gasteiger partial charge is 0.474 e. The van der Waals surface area contributed by atoms with E-state index in [-0.39, 0.29) is 25.6 Å². The second kappa shape index (κ2) is 4.28. The maximum Gasteiger partial charge on any atom is 0.474 e. The predicted octanol–water partition coefficient (Wildman–Crippen LogP) is 1.97. The first-order chi connectivity index (χ1) is 8.62. The van der Waals surface area contributed by atoms with Gasteiger partial charge in [0.1, 0.15) is 11.2 Å². The fraction of sp³-hybridized carbons (Fsp3) is 0.417. The lowest BCUT2D eigenvalue weighted by molar-refractivity contribution is -0.149. The molecule has 3 aliphatic rings. The average molecular weight is 268 g/mol. The standard InChI is InChI=1S/C12H13O5P/c13-11(6-10-4-2-1-3-5-10)12-7-15-18(14,16-8-12)17-9-12/h1-5H,6-9H2. The first-order valence-electron chi connectivity index (χ1n) is 5.73. The van der Waals surface area contributed by atoms with Crippen molar-refractivity contribution >= 4 is 13.6 Å². The summed E-state index contributed by atoms with van der Waals surface area (Å²) in [6, 6.07) is 9.47. The highest BCUT2D eigenvalue weighted by Gasteiger charge is 2.54. The van der Waals surface area contributed by atoms with E-state index in [0.717, 1.165) is 5.56 Å². The van der Waals surface area contributed by atoms with Gasteiger partial charge in [0.15, 0.2) is 0 Å². The number of rotatable bonds is 3. The molecule has 3 saturated heterocycles. The van der Waals surface area contributed by atoms with Crippen molar-refractivity contribution in [2.24, 2.45) is 5.41 Å². The van der Waals surface area contributed by atoms with Crippen LogP contribution >= 0.6 is 7.82 Å². The van der Waals surface area contributed by atoms with Gasteiger partial charge in [-0.05, 0) is 5.56 Å². The SMILES string of the molecule is O=C(Cc1ccccc1)C12COP(=O)(OC1)OC2. The zero-order chi connectivity index (χ0) is 12.6. The van der Waals surface area contributed by atoms with E-state index in [4.69, 9.17) is 13.6 Å². The van der Waals surface area contributed by atoms with Gasteiger partial charge in [0.25, 0.3) is 0 Å². The van der Waals surface area contributed by atoms with Crippen LogP contribution in [0.3, 0.4) is 0 Å². The summed E-state index contributed by atoms with van der Waals surface area (Å²) in [7, 11) is -3.35. The molecule has 3 heterocycles. The molecule has 0 aromatic heterocycles. The summed E-state index contributed by atoms with van der Waals surface area (Å²) in [5, 5.41) is 0. The second-order valence-corrected chi connectivity index (χ2v) is 6.30. The van der Waals surface area contributed by atoms with Gasteiger partial charge in [0.2, 0.25) is 0 Å². The maximum atomic E-state index is 12.3. The van der Waals surface area contributed by atoms with Crippen LogP contribution in [0.2, 0.25) is 0 Å². The van der Waals surface area contributed by atoms with Crippen molar-refractivity contribution in [1.29, 1.82) is 0 Å². The molecule has 0 radical (unpaired) electrons. The minimum absolute atomic E-state index is 0.000324. The number of ketones is 1. The van der Waals surface area contributed by atoms with Crippen LogP contribution in [0.15, 0.2) is 30.3 Å².